The van der Waals surface area contributed by atoms with E-state index in [0.29, 0.717) is 13.0 Å². The van der Waals surface area contributed by atoms with E-state index in [2.05, 4.69) is 6.58 Å². The Balaban J connectivity index is 0.00000256. The molecule has 1 aromatic rings. The molecule has 17 heavy (non-hydrogen) atoms. The molecule has 1 rings (SSSR count). The standard InChI is InChI=1S/C12H15NO3.ClH/c1-2-7-16-10-5-3-9(4-6-10)8-11(13)12(14)15;/h2-6,11H,1,7-8,13H2,(H,14,15);1H/t11-;/m0./s1. The Morgan fingerprint density at radius 3 is 2.53 bits per heavy atom. The summed E-state index contributed by atoms with van der Waals surface area (Å²) in [5.74, 6) is -0.264. The first-order valence-electron chi connectivity index (χ1n) is 4.94. The minimum absolute atomic E-state index is 0. The third kappa shape index (κ3) is 5.38. The first kappa shape index (κ1) is 15.5. The molecule has 3 N–H and O–H groups in total. The lowest BCUT2D eigenvalue weighted by Crippen LogP contribution is -2.32. The van der Waals surface area contributed by atoms with Crippen LogP contribution in [0.4, 0.5) is 0 Å². The normalized spacial score (nSPS) is 11.1. The number of benzene rings is 1. The van der Waals surface area contributed by atoms with E-state index >= 15 is 0 Å². The largest absolute Gasteiger partial charge is 0.490 e. The van der Waals surface area contributed by atoms with E-state index in [-0.39, 0.29) is 12.4 Å². The lowest BCUT2D eigenvalue weighted by Gasteiger charge is -2.07. The van der Waals surface area contributed by atoms with Crippen LogP contribution in [-0.2, 0) is 11.2 Å². The Bertz CT molecular complexity index is 365. The molecule has 5 heteroatoms. The fraction of sp³-hybridized carbons (Fsp3) is 0.250. The number of halogens is 1. The topological polar surface area (TPSA) is 72.5 Å². The van der Waals surface area contributed by atoms with Crippen LogP contribution >= 0.6 is 12.4 Å². The Hall–Kier alpha value is -1.52. The summed E-state index contributed by atoms with van der Waals surface area (Å²) in [6, 6.07) is 6.32. The van der Waals surface area contributed by atoms with Gasteiger partial charge in [0.25, 0.3) is 0 Å². The first-order valence-corrected chi connectivity index (χ1v) is 4.94. The second kappa shape index (κ2) is 7.70. The van der Waals surface area contributed by atoms with Gasteiger partial charge in [0.2, 0.25) is 0 Å². The van der Waals surface area contributed by atoms with Crippen LogP contribution in [-0.4, -0.2) is 23.7 Å². The molecule has 1 atom stereocenters. The maximum absolute atomic E-state index is 10.6. The molecule has 0 saturated carbocycles. The van der Waals surface area contributed by atoms with Gasteiger partial charge in [0.05, 0.1) is 0 Å². The van der Waals surface area contributed by atoms with Crippen molar-refractivity contribution < 1.29 is 14.6 Å². The van der Waals surface area contributed by atoms with Crippen molar-refractivity contribution in [2.75, 3.05) is 6.61 Å². The fourth-order valence-corrected chi connectivity index (χ4v) is 1.22. The minimum Gasteiger partial charge on any atom is -0.490 e. The molecule has 0 aliphatic rings. The van der Waals surface area contributed by atoms with Gasteiger partial charge < -0.3 is 15.6 Å². The Morgan fingerprint density at radius 2 is 2.06 bits per heavy atom. The summed E-state index contributed by atoms with van der Waals surface area (Å²) < 4.78 is 5.30. The smallest absolute Gasteiger partial charge is 0.320 e. The summed E-state index contributed by atoms with van der Waals surface area (Å²) in [4.78, 5) is 10.6. The summed E-state index contributed by atoms with van der Waals surface area (Å²) >= 11 is 0. The molecular formula is C12H16ClNO3. The van der Waals surface area contributed by atoms with Crippen LogP contribution in [0.15, 0.2) is 36.9 Å². The summed E-state index contributed by atoms with van der Waals surface area (Å²) in [7, 11) is 0. The van der Waals surface area contributed by atoms with E-state index in [1.54, 1.807) is 30.3 Å². The predicted octanol–water partition coefficient (Wildman–Crippen LogP) is 1.63. The Labute approximate surface area is 106 Å². The average Bonchev–Trinajstić information content (AvgIpc) is 2.28. The second-order valence-corrected chi connectivity index (χ2v) is 3.39. The maximum atomic E-state index is 10.6. The highest BCUT2D eigenvalue weighted by atomic mass is 35.5. The van der Waals surface area contributed by atoms with Crippen LogP contribution in [0.1, 0.15) is 5.56 Å². The van der Waals surface area contributed by atoms with Gasteiger partial charge in [-0.15, -0.1) is 12.4 Å². The van der Waals surface area contributed by atoms with Gasteiger partial charge in [-0.25, -0.2) is 0 Å². The summed E-state index contributed by atoms with van der Waals surface area (Å²) in [5, 5.41) is 8.65. The summed E-state index contributed by atoms with van der Waals surface area (Å²) in [6.45, 7) is 4.00. The van der Waals surface area contributed by atoms with Crippen molar-refractivity contribution >= 4 is 18.4 Å². The zero-order valence-corrected chi connectivity index (χ0v) is 10.2. The SMILES string of the molecule is C=CCOc1ccc(C[C@H](N)C(=O)O)cc1.Cl. The van der Waals surface area contributed by atoms with E-state index in [1.165, 1.54) is 0 Å². The van der Waals surface area contributed by atoms with E-state index in [4.69, 9.17) is 15.6 Å². The number of hydrogen-bond acceptors (Lipinski definition) is 3. The van der Waals surface area contributed by atoms with Crippen molar-refractivity contribution in [3.8, 4) is 5.75 Å². The second-order valence-electron chi connectivity index (χ2n) is 3.39. The molecule has 0 aliphatic heterocycles. The molecule has 4 nitrogen and oxygen atoms in total. The molecule has 0 aromatic heterocycles. The zero-order chi connectivity index (χ0) is 12.0. The van der Waals surface area contributed by atoms with E-state index in [9.17, 15) is 4.79 Å². The first-order chi connectivity index (χ1) is 7.63. The third-order valence-corrected chi connectivity index (χ3v) is 2.06. The number of carboxylic acids is 1. The van der Waals surface area contributed by atoms with E-state index < -0.39 is 12.0 Å². The van der Waals surface area contributed by atoms with E-state index in [0.717, 1.165) is 11.3 Å². The van der Waals surface area contributed by atoms with Gasteiger partial charge in [0.1, 0.15) is 18.4 Å². The van der Waals surface area contributed by atoms with Crippen LogP contribution in [0.5, 0.6) is 5.75 Å². The number of rotatable bonds is 6. The predicted molar refractivity (Wildman–Crippen MR) is 68.7 cm³/mol. The number of ether oxygens (including phenoxy) is 1. The summed E-state index contributed by atoms with van der Waals surface area (Å²) in [6.07, 6.45) is 1.98. The van der Waals surface area contributed by atoms with Crippen LogP contribution < -0.4 is 10.5 Å². The van der Waals surface area contributed by atoms with E-state index in [1.807, 2.05) is 0 Å². The van der Waals surface area contributed by atoms with Crippen LogP contribution in [0.25, 0.3) is 0 Å². The van der Waals surface area contributed by atoms with Gasteiger partial charge in [-0.1, -0.05) is 24.8 Å². The zero-order valence-electron chi connectivity index (χ0n) is 9.33. The number of hydrogen-bond donors (Lipinski definition) is 2. The highest BCUT2D eigenvalue weighted by molar-refractivity contribution is 5.85. The monoisotopic (exact) mass is 257 g/mol. The van der Waals surface area contributed by atoms with Gasteiger partial charge in [-0.2, -0.15) is 0 Å². The van der Waals surface area contributed by atoms with Crippen LogP contribution in [0.3, 0.4) is 0 Å². The van der Waals surface area contributed by atoms with Crippen molar-refractivity contribution in [1.82, 2.24) is 0 Å². The van der Waals surface area contributed by atoms with Crippen molar-refractivity contribution in [2.45, 2.75) is 12.5 Å². The Morgan fingerprint density at radius 1 is 1.47 bits per heavy atom. The van der Waals surface area contributed by atoms with Crippen molar-refractivity contribution in [1.29, 1.82) is 0 Å². The third-order valence-electron chi connectivity index (χ3n) is 2.06. The lowest BCUT2D eigenvalue weighted by atomic mass is 10.1. The molecule has 94 valence electrons. The molecule has 0 saturated heterocycles. The van der Waals surface area contributed by atoms with Crippen molar-refractivity contribution in [2.24, 2.45) is 5.73 Å². The lowest BCUT2D eigenvalue weighted by molar-refractivity contribution is -0.138. The average molecular weight is 258 g/mol. The van der Waals surface area contributed by atoms with Crippen LogP contribution in [0, 0.1) is 0 Å². The molecule has 0 bridgehead atoms. The van der Waals surface area contributed by atoms with Crippen molar-refractivity contribution in [3.63, 3.8) is 0 Å². The molecule has 0 fully saturated rings. The molecule has 0 unspecified atom stereocenters. The van der Waals surface area contributed by atoms with Gasteiger partial charge in [-0.05, 0) is 24.1 Å². The fourth-order valence-electron chi connectivity index (χ4n) is 1.22. The molecule has 0 spiro atoms. The summed E-state index contributed by atoms with van der Waals surface area (Å²) in [5.41, 5.74) is 6.30. The number of nitrogens with two attached hydrogens (primary N) is 1. The molecule has 1 aromatic carbocycles. The van der Waals surface area contributed by atoms with Gasteiger partial charge >= 0.3 is 5.97 Å². The van der Waals surface area contributed by atoms with Gasteiger partial charge in [0, 0.05) is 0 Å². The highest BCUT2D eigenvalue weighted by Crippen LogP contribution is 2.13. The molecular weight excluding hydrogens is 242 g/mol. The van der Waals surface area contributed by atoms with Gasteiger partial charge in [0.15, 0.2) is 0 Å². The molecule has 0 radical (unpaired) electrons. The number of carbonyl (C=O) groups is 1. The quantitative estimate of drug-likeness (QED) is 0.760. The molecule has 0 aliphatic carbocycles. The van der Waals surface area contributed by atoms with Crippen molar-refractivity contribution in [3.05, 3.63) is 42.5 Å². The van der Waals surface area contributed by atoms with Gasteiger partial charge in [-0.3, -0.25) is 4.79 Å². The maximum Gasteiger partial charge on any atom is 0.320 e. The molecule has 0 amide bonds. The Kier molecular flexibility index (Phi) is 7.02. The molecule has 0 heterocycles. The highest BCUT2D eigenvalue weighted by Gasteiger charge is 2.11. The minimum atomic E-state index is -0.994. The number of aliphatic carboxylic acids is 1. The van der Waals surface area contributed by atoms with Crippen LogP contribution in [0.2, 0.25) is 0 Å². The number of carboxylic acid groups (broad SMARTS) is 1.